The van der Waals surface area contributed by atoms with Crippen molar-refractivity contribution in [1.29, 1.82) is 0 Å². The lowest BCUT2D eigenvalue weighted by atomic mass is 10.1. The van der Waals surface area contributed by atoms with Crippen molar-refractivity contribution in [3.63, 3.8) is 0 Å². The van der Waals surface area contributed by atoms with E-state index in [1.54, 1.807) is 18.9 Å². The van der Waals surface area contributed by atoms with Crippen LogP contribution in [0.5, 0.6) is 5.75 Å². The third-order valence-corrected chi connectivity index (χ3v) is 3.08. The van der Waals surface area contributed by atoms with Gasteiger partial charge in [-0.05, 0) is 17.7 Å². The molecule has 0 radical (unpaired) electrons. The van der Waals surface area contributed by atoms with Gasteiger partial charge in [0.15, 0.2) is 0 Å². The molecule has 0 aliphatic rings. The topological polar surface area (TPSA) is 29.5 Å². The second-order valence-electron chi connectivity index (χ2n) is 3.30. The van der Waals surface area contributed by atoms with Gasteiger partial charge in [0.1, 0.15) is 12.4 Å². The number of methoxy groups -OCH3 is 1. The first-order valence-corrected chi connectivity index (χ1v) is 6.42. The molecule has 0 saturated carbocycles. The molecule has 0 fully saturated rings. The van der Waals surface area contributed by atoms with Gasteiger partial charge in [0, 0.05) is 11.5 Å². The summed E-state index contributed by atoms with van der Waals surface area (Å²) in [7, 11) is 1.62. The molecule has 1 rings (SSSR count). The molecular weight excluding hydrogens is 232 g/mol. The summed E-state index contributed by atoms with van der Waals surface area (Å²) in [5.41, 5.74) is 2.01. The Balaban J connectivity index is 2.84. The van der Waals surface area contributed by atoms with Crippen molar-refractivity contribution < 1.29 is 9.84 Å². The molecule has 0 amide bonds. The summed E-state index contributed by atoms with van der Waals surface area (Å²) >= 11 is 1.80. The fourth-order valence-corrected chi connectivity index (χ4v) is 2.04. The van der Waals surface area contributed by atoms with E-state index in [1.165, 1.54) is 5.56 Å². The molecule has 0 saturated heterocycles. The van der Waals surface area contributed by atoms with E-state index in [1.807, 2.05) is 24.3 Å². The van der Waals surface area contributed by atoms with Crippen LogP contribution in [0.2, 0.25) is 0 Å². The largest absolute Gasteiger partial charge is 0.495 e. The quantitative estimate of drug-likeness (QED) is 0.493. The van der Waals surface area contributed by atoms with Crippen LogP contribution in [0.25, 0.3) is 0 Å². The van der Waals surface area contributed by atoms with Crippen molar-refractivity contribution >= 4 is 11.8 Å². The Kier molecular flexibility index (Phi) is 6.31. The van der Waals surface area contributed by atoms with E-state index >= 15 is 0 Å². The number of thioether (sulfide) groups is 1. The minimum atomic E-state index is -0.140. The SMILES string of the molecule is C=CCSCc1ccc(OC)c(C#CCO)c1. The minimum Gasteiger partial charge on any atom is -0.495 e. The van der Waals surface area contributed by atoms with Crippen LogP contribution in [-0.2, 0) is 5.75 Å². The molecule has 0 aliphatic heterocycles. The van der Waals surface area contributed by atoms with E-state index in [0.717, 1.165) is 22.8 Å². The Hall–Kier alpha value is -1.37. The molecule has 0 heterocycles. The number of aliphatic hydroxyl groups is 1. The maximum Gasteiger partial charge on any atom is 0.134 e. The minimum absolute atomic E-state index is 0.140. The summed E-state index contributed by atoms with van der Waals surface area (Å²) in [5.74, 6) is 8.12. The van der Waals surface area contributed by atoms with Crippen molar-refractivity contribution in [2.24, 2.45) is 0 Å². The maximum absolute atomic E-state index is 8.70. The lowest BCUT2D eigenvalue weighted by Crippen LogP contribution is -1.91. The Labute approximate surface area is 107 Å². The predicted octanol–water partition coefficient (Wildman–Crippen LogP) is 2.46. The van der Waals surface area contributed by atoms with Gasteiger partial charge in [0.25, 0.3) is 0 Å². The van der Waals surface area contributed by atoms with Crippen molar-refractivity contribution in [3.05, 3.63) is 42.0 Å². The molecule has 0 atom stereocenters. The standard InChI is InChI=1S/C14H16O2S/c1-3-9-17-11-12-6-7-14(16-2)13(10-12)5-4-8-15/h3,6-7,10,15H,1,8-9,11H2,2H3. The molecular formula is C14H16O2S. The van der Waals surface area contributed by atoms with Gasteiger partial charge in [-0.3, -0.25) is 0 Å². The summed E-state index contributed by atoms with van der Waals surface area (Å²) in [6, 6.07) is 5.93. The molecule has 0 aliphatic carbocycles. The highest BCUT2D eigenvalue weighted by Gasteiger charge is 2.02. The van der Waals surface area contributed by atoms with Gasteiger partial charge < -0.3 is 9.84 Å². The number of ether oxygens (including phenoxy) is 1. The van der Waals surface area contributed by atoms with Crippen molar-refractivity contribution in [2.75, 3.05) is 19.5 Å². The first-order chi connectivity index (χ1) is 8.31. The van der Waals surface area contributed by atoms with Crippen LogP contribution in [-0.4, -0.2) is 24.6 Å². The van der Waals surface area contributed by atoms with E-state index in [2.05, 4.69) is 18.4 Å². The number of hydrogen-bond donors (Lipinski definition) is 1. The molecule has 0 spiro atoms. The summed E-state index contributed by atoms with van der Waals surface area (Å²) in [4.78, 5) is 0. The molecule has 90 valence electrons. The highest BCUT2D eigenvalue weighted by Crippen LogP contribution is 2.21. The lowest BCUT2D eigenvalue weighted by Gasteiger charge is -2.06. The van der Waals surface area contributed by atoms with Crippen LogP contribution in [0, 0.1) is 11.8 Å². The van der Waals surface area contributed by atoms with E-state index in [4.69, 9.17) is 9.84 Å². The third kappa shape index (κ3) is 4.56. The second kappa shape index (κ2) is 7.83. The third-order valence-electron chi connectivity index (χ3n) is 2.07. The summed E-state index contributed by atoms with van der Waals surface area (Å²) in [6.45, 7) is 3.55. The van der Waals surface area contributed by atoms with Crippen LogP contribution in [0.1, 0.15) is 11.1 Å². The van der Waals surface area contributed by atoms with E-state index in [-0.39, 0.29) is 6.61 Å². The summed E-state index contributed by atoms with van der Waals surface area (Å²) in [5, 5.41) is 8.70. The molecule has 1 N–H and O–H groups in total. The molecule has 17 heavy (non-hydrogen) atoms. The van der Waals surface area contributed by atoms with Crippen LogP contribution in [0.3, 0.4) is 0 Å². The first kappa shape index (κ1) is 13.7. The van der Waals surface area contributed by atoms with Crippen LogP contribution in [0.15, 0.2) is 30.9 Å². The van der Waals surface area contributed by atoms with Gasteiger partial charge in [-0.1, -0.05) is 24.0 Å². The normalized spacial score (nSPS) is 9.29. The number of aliphatic hydroxyl groups excluding tert-OH is 1. The zero-order valence-corrected chi connectivity index (χ0v) is 10.7. The van der Waals surface area contributed by atoms with Gasteiger partial charge in [0.2, 0.25) is 0 Å². The summed E-state index contributed by atoms with van der Waals surface area (Å²) < 4.78 is 5.22. The molecule has 2 nitrogen and oxygen atoms in total. The van der Waals surface area contributed by atoms with Crippen molar-refractivity contribution in [1.82, 2.24) is 0 Å². The average Bonchev–Trinajstić information content (AvgIpc) is 2.37. The smallest absolute Gasteiger partial charge is 0.134 e. The number of benzene rings is 1. The van der Waals surface area contributed by atoms with Crippen LogP contribution < -0.4 is 4.74 Å². The van der Waals surface area contributed by atoms with Crippen molar-refractivity contribution in [3.8, 4) is 17.6 Å². The zero-order chi connectivity index (χ0) is 12.5. The predicted molar refractivity (Wildman–Crippen MR) is 73.3 cm³/mol. The first-order valence-electron chi connectivity index (χ1n) is 5.27. The fraction of sp³-hybridized carbons (Fsp3) is 0.286. The maximum atomic E-state index is 8.70. The Morgan fingerprint density at radius 3 is 3.00 bits per heavy atom. The van der Waals surface area contributed by atoms with Gasteiger partial charge >= 0.3 is 0 Å². The number of hydrogen-bond acceptors (Lipinski definition) is 3. The molecule has 0 unspecified atom stereocenters. The number of rotatable bonds is 5. The van der Waals surface area contributed by atoms with E-state index < -0.39 is 0 Å². The van der Waals surface area contributed by atoms with Crippen LogP contribution in [0.4, 0.5) is 0 Å². The van der Waals surface area contributed by atoms with Crippen LogP contribution >= 0.6 is 11.8 Å². The van der Waals surface area contributed by atoms with Gasteiger partial charge in [-0.15, -0.1) is 6.58 Å². The Morgan fingerprint density at radius 1 is 1.53 bits per heavy atom. The van der Waals surface area contributed by atoms with Gasteiger partial charge in [0.05, 0.1) is 12.7 Å². The molecule has 1 aromatic rings. The summed E-state index contributed by atoms with van der Waals surface area (Å²) in [6.07, 6.45) is 1.89. The highest BCUT2D eigenvalue weighted by atomic mass is 32.2. The van der Waals surface area contributed by atoms with Gasteiger partial charge in [-0.25, -0.2) is 0 Å². The Morgan fingerprint density at radius 2 is 2.35 bits per heavy atom. The monoisotopic (exact) mass is 248 g/mol. The highest BCUT2D eigenvalue weighted by molar-refractivity contribution is 7.98. The molecule has 1 aromatic carbocycles. The van der Waals surface area contributed by atoms with E-state index in [9.17, 15) is 0 Å². The molecule has 3 heteroatoms. The zero-order valence-electron chi connectivity index (χ0n) is 9.90. The van der Waals surface area contributed by atoms with Crippen molar-refractivity contribution in [2.45, 2.75) is 5.75 Å². The second-order valence-corrected chi connectivity index (χ2v) is 4.33. The average molecular weight is 248 g/mol. The molecule has 0 bridgehead atoms. The van der Waals surface area contributed by atoms with E-state index in [0.29, 0.717) is 0 Å². The fourth-order valence-electron chi connectivity index (χ4n) is 1.34. The Bertz CT molecular complexity index is 430. The molecule has 0 aromatic heterocycles. The van der Waals surface area contributed by atoms with Gasteiger partial charge in [-0.2, -0.15) is 11.8 Å². The lowest BCUT2D eigenvalue weighted by molar-refractivity contribution is 0.350.